The van der Waals surface area contributed by atoms with Gasteiger partial charge in [0.15, 0.2) is 0 Å². The Balaban J connectivity index is 1.97. The van der Waals surface area contributed by atoms with E-state index in [1.54, 1.807) is 0 Å². The summed E-state index contributed by atoms with van der Waals surface area (Å²) in [5.41, 5.74) is 0. The van der Waals surface area contributed by atoms with Crippen LogP contribution in [0.1, 0.15) is 19.3 Å². The topological polar surface area (TPSA) is 3.24 Å². The second kappa shape index (κ2) is 2.41. The number of fused-ring (bicyclic) bond motifs is 1. The van der Waals surface area contributed by atoms with Crippen LogP contribution in [0.15, 0.2) is 0 Å². The number of hydrogen-bond acceptors (Lipinski definition) is 1. The highest BCUT2D eigenvalue weighted by molar-refractivity contribution is 5.09. The van der Waals surface area contributed by atoms with Crippen LogP contribution in [-0.2, 0) is 0 Å². The summed E-state index contributed by atoms with van der Waals surface area (Å²) in [6.07, 6.45) is 2.37. The highest BCUT2D eigenvalue weighted by Gasteiger charge is 2.68. The smallest absolute Gasteiger partial charge is 0.254 e. The summed E-state index contributed by atoms with van der Waals surface area (Å²) in [5, 5.41) is 0. The molecule has 0 amide bonds. The van der Waals surface area contributed by atoms with E-state index in [1.807, 2.05) is 14.1 Å². The van der Waals surface area contributed by atoms with Crippen LogP contribution in [0.4, 0.5) is 8.78 Å². The average molecular weight is 175 g/mol. The molecule has 0 heterocycles. The molecular weight excluding hydrogens is 160 g/mol. The molecule has 2 aliphatic rings. The number of alkyl halides is 2. The molecule has 2 saturated carbocycles. The van der Waals surface area contributed by atoms with Crippen molar-refractivity contribution in [3.63, 3.8) is 0 Å². The Labute approximate surface area is 71.7 Å². The van der Waals surface area contributed by atoms with E-state index in [0.717, 1.165) is 12.8 Å². The van der Waals surface area contributed by atoms with Gasteiger partial charge in [-0.25, -0.2) is 8.78 Å². The van der Waals surface area contributed by atoms with Crippen molar-refractivity contribution in [2.45, 2.75) is 31.2 Å². The zero-order chi connectivity index (χ0) is 8.93. The fourth-order valence-corrected chi connectivity index (χ4v) is 2.43. The summed E-state index contributed by atoms with van der Waals surface area (Å²) >= 11 is 0. The fourth-order valence-electron chi connectivity index (χ4n) is 2.43. The minimum absolute atomic E-state index is 0.270. The Morgan fingerprint density at radius 1 is 1.17 bits per heavy atom. The standard InChI is InChI=1S/C9H15F2N/c1-12(2)6-3-4-7-8(5-6)9(7,10)11/h6-8H,3-5H2,1-2H3/t6-,7-,8+/m1/s1. The fraction of sp³-hybridized carbons (Fsp3) is 1.00. The summed E-state index contributed by atoms with van der Waals surface area (Å²) < 4.78 is 25.8. The van der Waals surface area contributed by atoms with E-state index in [-0.39, 0.29) is 11.8 Å². The maximum absolute atomic E-state index is 12.9. The van der Waals surface area contributed by atoms with E-state index in [4.69, 9.17) is 0 Å². The first-order valence-corrected chi connectivity index (χ1v) is 4.57. The molecule has 12 heavy (non-hydrogen) atoms. The van der Waals surface area contributed by atoms with Crippen molar-refractivity contribution in [1.29, 1.82) is 0 Å². The summed E-state index contributed by atoms with van der Waals surface area (Å²) in [7, 11) is 3.96. The number of hydrogen-bond donors (Lipinski definition) is 0. The Morgan fingerprint density at radius 3 is 2.33 bits per heavy atom. The second-order valence-corrected chi connectivity index (χ2v) is 4.32. The van der Waals surface area contributed by atoms with Crippen molar-refractivity contribution in [3.8, 4) is 0 Å². The summed E-state index contributed by atoms with van der Waals surface area (Å²) in [4.78, 5) is 2.07. The van der Waals surface area contributed by atoms with Crippen LogP contribution in [-0.4, -0.2) is 31.0 Å². The summed E-state index contributed by atoms with van der Waals surface area (Å²) in [6, 6.07) is 0.389. The van der Waals surface area contributed by atoms with Crippen LogP contribution >= 0.6 is 0 Å². The van der Waals surface area contributed by atoms with Gasteiger partial charge in [0.2, 0.25) is 0 Å². The molecule has 2 rings (SSSR count). The van der Waals surface area contributed by atoms with Crippen LogP contribution in [0.3, 0.4) is 0 Å². The summed E-state index contributed by atoms with van der Waals surface area (Å²) in [6.45, 7) is 0. The predicted molar refractivity (Wildman–Crippen MR) is 43.3 cm³/mol. The molecule has 0 bridgehead atoms. The average Bonchev–Trinajstić information content (AvgIpc) is 2.55. The maximum atomic E-state index is 12.9. The number of nitrogens with zero attached hydrogens (tertiary/aromatic N) is 1. The van der Waals surface area contributed by atoms with E-state index in [1.165, 1.54) is 0 Å². The molecule has 0 unspecified atom stereocenters. The molecule has 3 heteroatoms. The van der Waals surface area contributed by atoms with Crippen LogP contribution in [0.5, 0.6) is 0 Å². The van der Waals surface area contributed by atoms with E-state index in [2.05, 4.69) is 4.90 Å². The van der Waals surface area contributed by atoms with Crippen molar-refractivity contribution in [2.24, 2.45) is 11.8 Å². The molecule has 70 valence electrons. The first-order chi connectivity index (χ1) is 5.53. The zero-order valence-corrected chi connectivity index (χ0v) is 7.56. The molecule has 0 N–H and O–H groups in total. The molecule has 2 aliphatic carbocycles. The largest absolute Gasteiger partial charge is 0.306 e. The van der Waals surface area contributed by atoms with E-state index >= 15 is 0 Å². The third-order valence-corrected chi connectivity index (χ3v) is 3.43. The van der Waals surface area contributed by atoms with Crippen molar-refractivity contribution >= 4 is 0 Å². The van der Waals surface area contributed by atoms with E-state index in [0.29, 0.717) is 12.5 Å². The first-order valence-electron chi connectivity index (χ1n) is 4.57. The van der Waals surface area contributed by atoms with Gasteiger partial charge in [0.1, 0.15) is 0 Å². The maximum Gasteiger partial charge on any atom is 0.254 e. The lowest BCUT2D eigenvalue weighted by atomic mass is 9.95. The van der Waals surface area contributed by atoms with Gasteiger partial charge < -0.3 is 4.90 Å². The molecule has 0 aromatic rings. The van der Waals surface area contributed by atoms with Gasteiger partial charge in [0.05, 0.1) is 0 Å². The lowest BCUT2D eigenvalue weighted by molar-refractivity contribution is 0.0837. The minimum atomic E-state index is -2.31. The molecule has 0 aromatic carbocycles. The predicted octanol–water partition coefficient (Wildman–Crippen LogP) is 1.98. The molecule has 2 fully saturated rings. The second-order valence-electron chi connectivity index (χ2n) is 4.32. The molecule has 0 radical (unpaired) electrons. The van der Waals surface area contributed by atoms with Gasteiger partial charge in [-0.3, -0.25) is 0 Å². The van der Waals surface area contributed by atoms with Gasteiger partial charge >= 0.3 is 0 Å². The number of halogens is 2. The summed E-state index contributed by atoms with van der Waals surface area (Å²) in [5.74, 6) is -2.88. The molecule has 0 saturated heterocycles. The van der Waals surface area contributed by atoms with Gasteiger partial charge in [-0.2, -0.15) is 0 Å². The molecular formula is C9H15F2N. The quantitative estimate of drug-likeness (QED) is 0.589. The normalized spacial score (nSPS) is 44.2. The Kier molecular flexibility index (Phi) is 1.69. The lowest BCUT2D eigenvalue weighted by Crippen LogP contribution is -2.30. The monoisotopic (exact) mass is 175 g/mol. The zero-order valence-electron chi connectivity index (χ0n) is 7.56. The van der Waals surface area contributed by atoms with Crippen LogP contribution in [0.25, 0.3) is 0 Å². The van der Waals surface area contributed by atoms with Gasteiger partial charge in [0, 0.05) is 17.9 Å². The molecule has 0 aromatic heterocycles. The van der Waals surface area contributed by atoms with Gasteiger partial charge in [-0.1, -0.05) is 0 Å². The van der Waals surface area contributed by atoms with Crippen LogP contribution in [0.2, 0.25) is 0 Å². The Bertz CT molecular complexity index is 191. The SMILES string of the molecule is CN(C)[C@@H]1CC[C@@H]2[C@H](C1)C2(F)F. The van der Waals surface area contributed by atoms with Crippen molar-refractivity contribution < 1.29 is 8.78 Å². The Morgan fingerprint density at radius 2 is 1.83 bits per heavy atom. The minimum Gasteiger partial charge on any atom is -0.306 e. The van der Waals surface area contributed by atoms with Gasteiger partial charge in [-0.15, -0.1) is 0 Å². The lowest BCUT2D eigenvalue weighted by Gasteiger charge is -2.26. The molecule has 3 atom stereocenters. The molecule has 0 aliphatic heterocycles. The molecule has 0 spiro atoms. The van der Waals surface area contributed by atoms with Crippen LogP contribution < -0.4 is 0 Å². The Hall–Kier alpha value is -0.180. The van der Waals surface area contributed by atoms with Crippen molar-refractivity contribution in [2.75, 3.05) is 14.1 Å². The van der Waals surface area contributed by atoms with Crippen molar-refractivity contribution in [1.82, 2.24) is 4.90 Å². The third-order valence-electron chi connectivity index (χ3n) is 3.43. The number of rotatable bonds is 1. The van der Waals surface area contributed by atoms with Crippen molar-refractivity contribution in [3.05, 3.63) is 0 Å². The molecule has 1 nitrogen and oxygen atoms in total. The van der Waals surface area contributed by atoms with Gasteiger partial charge in [0.25, 0.3) is 5.92 Å². The van der Waals surface area contributed by atoms with Crippen LogP contribution in [0, 0.1) is 11.8 Å². The highest BCUT2D eigenvalue weighted by atomic mass is 19.3. The van der Waals surface area contributed by atoms with E-state index < -0.39 is 5.92 Å². The first kappa shape index (κ1) is 8.42. The highest BCUT2D eigenvalue weighted by Crippen LogP contribution is 2.62. The van der Waals surface area contributed by atoms with Gasteiger partial charge in [-0.05, 0) is 33.4 Å². The third kappa shape index (κ3) is 1.06. The van der Waals surface area contributed by atoms with E-state index in [9.17, 15) is 8.78 Å².